The smallest absolute Gasteiger partial charge is 0.422 e. The number of carbonyl (C=O) groups is 5. The van der Waals surface area contributed by atoms with Gasteiger partial charge in [0.05, 0.1) is 12.6 Å². The number of carbonyl (C=O) groups excluding carboxylic acids is 5. The number of alkyl carbamates (subject to hydrolysis) is 1. The molecule has 17 heteroatoms. The molecule has 3 amide bonds. The maximum Gasteiger partial charge on any atom is 0.478 e. The number of hydrogen-bond donors (Lipinski definition) is 4. The van der Waals surface area contributed by atoms with Gasteiger partial charge in [-0.3, -0.25) is 28.2 Å². The summed E-state index contributed by atoms with van der Waals surface area (Å²) in [6, 6.07) is -0.591. The molecule has 1 aliphatic heterocycles. The average molecular weight is 615 g/mol. The van der Waals surface area contributed by atoms with E-state index >= 15 is 0 Å². The molecule has 0 aliphatic carbocycles. The predicted octanol–water partition coefficient (Wildman–Crippen LogP) is 1.38. The van der Waals surface area contributed by atoms with E-state index in [-0.39, 0.29) is 53.9 Å². The van der Waals surface area contributed by atoms with Crippen LogP contribution >= 0.6 is 31.3 Å². The van der Waals surface area contributed by atoms with Gasteiger partial charge in [-0.15, -0.1) is 0 Å². The molecule has 1 rings (SSSR count). The largest absolute Gasteiger partial charge is 0.478 e. The number of hydrogen-bond acceptors (Lipinski definition) is 13. The molecule has 0 aromatic carbocycles. The molecule has 1 fully saturated rings. The van der Waals surface area contributed by atoms with Gasteiger partial charge in [0.1, 0.15) is 0 Å². The van der Waals surface area contributed by atoms with Crippen LogP contribution in [0.2, 0.25) is 0 Å². The normalized spacial score (nSPS) is 21.1. The Labute approximate surface area is 236 Å². The summed E-state index contributed by atoms with van der Waals surface area (Å²) in [5, 5.41) is 7.38. The van der Waals surface area contributed by atoms with E-state index in [9.17, 15) is 28.5 Å². The first-order chi connectivity index (χ1) is 18.2. The van der Waals surface area contributed by atoms with Crippen molar-refractivity contribution in [1.82, 2.24) is 16.0 Å². The fourth-order valence-corrected chi connectivity index (χ4v) is 5.70. The molecule has 0 aromatic heterocycles. The molecule has 1 saturated heterocycles. The van der Waals surface area contributed by atoms with Crippen LogP contribution in [0.5, 0.6) is 0 Å². The third-order valence-electron chi connectivity index (χ3n) is 5.16. The first-order valence-corrected chi connectivity index (χ1v) is 15.7. The van der Waals surface area contributed by atoms with Gasteiger partial charge in [-0.25, -0.2) is 13.9 Å². The quantitative estimate of drug-likeness (QED) is 0.117. The van der Waals surface area contributed by atoms with Crippen LogP contribution in [0, 0.1) is 11.3 Å². The van der Waals surface area contributed by atoms with Crippen molar-refractivity contribution >= 4 is 59.5 Å². The lowest BCUT2D eigenvalue weighted by Crippen LogP contribution is -2.50. The van der Waals surface area contributed by atoms with Crippen LogP contribution in [0.1, 0.15) is 41.0 Å². The summed E-state index contributed by atoms with van der Waals surface area (Å²) in [6.45, 7) is 7.97. The lowest BCUT2D eigenvalue weighted by Gasteiger charge is -2.39. The molecular formula is C22H39N4O10PS2. The van der Waals surface area contributed by atoms with Gasteiger partial charge in [-0.05, 0) is 5.92 Å². The summed E-state index contributed by atoms with van der Waals surface area (Å²) < 4.78 is 33.2. The van der Waals surface area contributed by atoms with Crippen molar-refractivity contribution in [3.63, 3.8) is 0 Å². The van der Waals surface area contributed by atoms with E-state index in [1.54, 1.807) is 13.8 Å². The Morgan fingerprint density at radius 2 is 1.69 bits per heavy atom. The molecule has 1 unspecified atom stereocenters. The van der Waals surface area contributed by atoms with E-state index in [4.69, 9.17) is 24.0 Å². The number of nitrogens with one attached hydrogen (secondary N) is 3. The molecule has 0 bridgehead atoms. The highest BCUT2D eigenvalue weighted by molar-refractivity contribution is 8.13. The molecule has 3 atom stereocenters. The standard InChI is InChI=1S/C22H39N4O10PS2/c1-14(2)17(23)20(30)39-11-9-26-21(31)33-13-35-37(32)34-12-22(4,5)18(36-37)19(29)25-7-6-16(28)24-8-10-38-15(3)27/h14,17-18H,6-13,23H2,1-5H3,(H,24,28)(H,25,29)(H,26,31)/t17-,18-,37?/m0/s1. The zero-order chi connectivity index (χ0) is 29.6. The highest BCUT2D eigenvalue weighted by Crippen LogP contribution is 2.57. The van der Waals surface area contributed by atoms with Crippen molar-refractivity contribution in [2.45, 2.75) is 53.2 Å². The van der Waals surface area contributed by atoms with Crippen molar-refractivity contribution in [1.29, 1.82) is 0 Å². The second kappa shape index (κ2) is 17.2. The van der Waals surface area contributed by atoms with Gasteiger partial charge >= 0.3 is 13.9 Å². The first kappa shape index (κ1) is 35.3. The highest BCUT2D eigenvalue weighted by Gasteiger charge is 2.49. The average Bonchev–Trinajstić information content (AvgIpc) is 2.85. The Morgan fingerprint density at radius 3 is 2.33 bits per heavy atom. The molecule has 1 aliphatic rings. The molecular weight excluding hydrogens is 575 g/mol. The van der Waals surface area contributed by atoms with Gasteiger partial charge in [0.15, 0.2) is 11.2 Å². The number of rotatable bonds is 15. The Hall–Kier alpha value is -1.68. The summed E-state index contributed by atoms with van der Waals surface area (Å²) in [6.07, 6.45) is -2.12. The van der Waals surface area contributed by atoms with Crippen molar-refractivity contribution < 1.29 is 46.8 Å². The van der Waals surface area contributed by atoms with E-state index in [1.807, 2.05) is 13.8 Å². The van der Waals surface area contributed by atoms with Crippen molar-refractivity contribution in [3.05, 3.63) is 0 Å². The van der Waals surface area contributed by atoms with Gasteiger partial charge < -0.3 is 26.4 Å². The number of amides is 3. The fraction of sp³-hybridized carbons (Fsp3) is 0.773. The van der Waals surface area contributed by atoms with Gasteiger partial charge in [-0.2, -0.15) is 0 Å². The number of nitrogens with two attached hydrogens (primary N) is 1. The minimum Gasteiger partial charge on any atom is -0.422 e. The van der Waals surface area contributed by atoms with E-state index in [2.05, 4.69) is 16.0 Å². The third-order valence-corrected chi connectivity index (χ3v) is 8.28. The summed E-state index contributed by atoms with van der Waals surface area (Å²) >= 11 is 2.09. The first-order valence-electron chi connectivity index (χ1n) is 12.2. The molecule has 1 heterocycles. The lowest BCUT2D eigenvalue weighted by molar-refractivity contribution is -0.143. The van der Waals surface area contributed by atoms with Crippen LogP contribution < -0.4 is 21.7 Å². The summed E-state index contributed by atoms with van der Waals surface area (Å²) in [4.78, 5) is 59.1. The van der Waals surface area contributed by atoms with Gasteiger partial charge in [-0.1, -0.05) is 51.2 Å². The number of phosphoric ester groups is 1. The molecule has 5 N–H and O–H groups in total. The second-order valence-corrected chi connectivity index (χ2v) is 13.5. The number of thioether (sulfide) groups is 2. The van der Waals surface area contributed by atoms with Crippen molar-refractivity contribution in [2.75, 3.05) is 44.5 Å². The lowest BCUT2D eigenvalue weighted by atomic mass is 9.87. The van der Waals surface area contributed by atoms with E-state index in [0.717, 1.165) is 23.5 Å². The highest BCUT2D eigenvalue weighted by atomic mass is 32.2. The number of ether oxygens (including phenoxy) is 1. The maximum absolute atomic E-state index is 12.8. The van der Waals surface area contributed by atoms with Crippen LogP contribution in [0.4, 0.5) is 4.79 Å². The third kappa shape index (κ3) is 14.0. The predicted molar refractivity (Wildman–Crippen MR) is 147 cm³/mol. The van der Waals surface area contributed by atoms with Crippen LogP contribution in [0.3, 0.4) is 0 Å². The van der Waals surface area contributed by atoms with E-state index in [1.165, 1.54) is 6.92 Å². The Kier molecular flexibility index (Phi) is 15.6. The molecule has 0 saturated carbocycles. The van der Waals surface area contributed by atoms with Gasteiger partial charge in [0.25, 0.3) is 0 Å². The van der Waals surface area contributed by atoms with Crippen LogP contribution in [0.15, 0.2) is 0 Å². The minimum absolute atomic E-state index is 0.00302. The topological polar surface area (TPSA) is 201 Å². The SMILES string of the molecule is CC(=O)SCCNC(=O)CCNC(=O)[C@@H]1OP(=O)(OCOC(=O)NCCSC(=O)[C@@H](N)C(C)C)OCC1(C)C. The Balaban J connectivity index is 2.40. The van der Waals surface area contributed by atoms with E-state index in [0.29, 0.717) is 12.3 Å². The molecule has 0 spiro atoms. The Bertz CT molecular complexity index is 921. The molecule has 224 valence electrons. The van der Waals surface area contributed by atoms with Crippen LogP contribution in [-0.4, -0.2) is 84.8 Å². The van der Waals surface area contributed by atoms with Crippen molar-refractivity contribution in [3.8, 4) is 0 Å². The minimum atomic E-state index is -4.24. The summed E-state index contributed by atoms with van der Waals surface area (Å²) in [5.41, 5.74) is 4.88. The second-order valence-electron chi connectivity index (χ2n) is 9.47. The maximum atomic E-state index is 12.8. The summed E-state index contributed by atoms with van der Waals surface area (Å²) in [7, 11) is -4.24. The zero-order valence-electron chi connectivity index (χ0n) is 22.8. The zero-order valence-corrected chi connectivity index (χ0v) is 25.3. The molecule has 14 nitrogen and oxygen atoms in total. The van der Waals surface area contributed by atoms with E-state index < -0.39 is 44.2 Å². The molecule has 0 radical (unpaired) electrons. The van der Waals surface area contributed by atoms with Gasteiger partial charge in [0, 0.05) is 49.9 Å². The Morgan fingerprint density at radius 1 is 1.05 bits per heavy atom. The molecule has 0 aromatic rings. The monoisotopic (exact) mass is 614 g/mol. The fourth-order valence-electron chi connectivity index (χ4n) is 2.83. The van der Waals surface area contributed by atoms with Gasteiger partial charge in [0.2, 0.25) is 23.7 Å². The van der Waals surface area contributed by atoms with Crippen molar-refractivity contribution in [2.24, 2.45) is 17.1 Å². The summed E-state index contributed by atoms with van der Waals surface area (Å²) in [5.74, 6) is -0.183. The van der Waals surface area contributed by atoms with Crippen LogP contribution in [0.25, 0.3) is 0 Å². The molecule has 39 heavy (non-hydrogen) atoms. The van der Waals surface area contributed by atoms with Crippen LogP contribution in [-0.2, 0) is 42.1 Å². The number of phosphoric acid groups is 1.